The molecule has 0 atom stereocenters. The quantitative estimate of drug-likeness (QED) is 0.611. The van der Waals surface area contributed by atoms with Gasteiger partial charge < -0.3 is 5.73 Å². The Kier molecular flexibility index (Phi) is 1.89. The molecule has 0 spiro atoms. The molecule has 1 aromatic heterocycles. The predicted octanol–water partition coefficient (Wildman–Crippen LogP) is 1.17. The van der Waals surface area contributed by atoms with Crippen LogP contribution in [-0.2, 0) is 0 Å². The number of carbonyl (C=O) groups excluding carboxylic acids is 1. The highest BCUT2D eigenvalue weighted by molar-refractivity contribution is 5.96. The zero-order chi connectivity index (χ0) is 8.43. The molecule has 1 heterocycles. The van der Waals surface area contributed by atoms with Crippen molar-refractivity contribution in [2.24, 2.45) is 0 Å². The molecule has 11 heavy (non-hydrogen) atoms. The van der Waals surface area contributed by atoms with Gasteiger partial charge in [-0.1, -0.05) is 0 Å². The maximum absolute atomic E-state index is 10.8. The van der Waals surface area contributed by atoms with Crippen molar-refractivity contribution in [1.82, 2.24) is 4.98 Å². The molecule has 0 amide bonds. The van der Waals surface area contributed by atoms with E-state index in [0.717, 1.165) is 5.56 Å². The minimum absolute atomic E-state index is 0.0949. The lowest BCUT2D eigenvalue weighted by Crippen LogP contribution is -2.02. The van der Waals surface area contributed by atoms with Crippen molar-refractivity contribution in [3.8, 4) is 0 Å². The van der Waals surface area contributed by atoms with E-state index in [1.165, 1.54) is 6.92 Å². The topological polar surface area (TPSA) is 56.0 Å². The molecule has 0 radical (unpaired) electrons. The summed E-state index contributed by atoms with van der Waals surface area (Å²) < 4.78 is 0. The number of aryl methyl sites for hydroxylation is 1. The molecule has 0 aliphatic carbocycles. The lowest BCUT2D eigenvalue weighted by atomic mass is 10.2. The fourth-order valence-corrected chi connectivity index (χ4v) is 0.886. The van der Waals surface area contributed by atoms with Gasteiger partial charge in [0.1, 0.15) is 5.69 Å². The summed E-state index contributed by atoms with van der Waals surface area (Å²) in [4.78, 5) is 14.7. The average Bonchev–Trinajstić information content (AvgIpc) is 1.85. The SMILES string of the molecule is CC(=O)c1ncc(C)cc1N. The molecule has 1 aromatic rings. The number of ketones is 1. The molecular formula is C8H10N2O. The first-order valence-electron chi connectivity index (χ1n) is 3.34. The largest absolute Gasteiger partial charge is 0.397 e. The minimum atomic E-state index is -0.0949. The molecule has 0 unspecified atom stereocenters. The van der Waals surface area contributed by atoms with E-state index in [-0.39, 0.29) is 5.78 Å². The number of nitrogen functional groups attached to an aromatic ring is 1. The monoisotopic (exact) mass is 150 g/mol. The molecule has 0 bridgehead atoms. The van der Waals surface area contributed by atoms with Gasteiger partial charge in [-0.15, -0.1) is 0 Å². The molecule has 3 heteroatoms. The van der Waals surface area contributed by atoms with Crippen LogP contribution < -0.4 is 5.73 Å². The molecule has 1 rings (SSSR count). The standard InChI is InChI=1S/C8H10N2O/c1-5-3-7(9)8(6(2)11)10-4-5/h3-4H,9H2,1-2H3. The van der Waals surface area contributed by atoms with Gasteiger partial charge in [-0.2, -0.15) is 0 Å². The maximum Gasteiger partial charge on any atom is 0.180 e. The van der Waals surface area contributed by atoms with Crippen LogP contribution >= 0.6 is 0 Å². The van der Waals surface area contributed by atoms with Crippen molar-refractivity contribution in [3.63, 3.8) is 0 Å². The summed E-state index contributed by atoms with van der Waals surface area (Å²) in [5.41, 5.74) is 7.32. The normalized spacial score (nSPS) is 9.64. The summed E-state index contributed by atoms with van der Waals surface area (Å²) in [7, 11) is 0. The van der Waals surface area contributed by atoms with Crippen LogP contribution in [0.15, 0.2) is 12.3 Å². The third-order valence-electron chi connectivity index (χ3n) is 1.39. The number of carbonyl (C=O) groups is 1. The summed E-state index contributed by atoms with van der Waals surface area (Å²) in [6.45, 7) is 3.33. The number of nitrogens with two attached hydrogens (primary N) is 1. The fourth-order valence-electron chi connectivity index (χ4n) is 0.886. The Hall–Kier alpha value is -1.38. The van der Waals surface area contributed by atoms with Crippen molar-refractivity contribution >= 4 is 11.5 Å². The van der Waals surface area contributed by atoms with Crippen LogP contribution in [0.4, 0.5) is 5.69 Å². The van der Waals surface area contributed by atoms with Gasteiger partial charge >= 0.3 is 0 Å². The summed E-state index contributed by atoms with van der Waals surface area (Å²) in [5, 5.41) is 0. The van der Waals surface area contributed by atoms with E-state index < -0.39 is 0 Å². The van der Waals surface area contributed by atoms with Crippen molar-refractivity contribution in [1.29, 1.82) is 0 Å². The first-order chi connectivity index (χ1) is 5.11. The van der Waals surface area contributed by atoms with Gasteiger partial charge in [-0.05, 0) is 18.6 Å². The molecule has 0 saturated carbocycles. The third kappa shape index (κ3) is 1.55. The second kappa shape index (κ2) is 2.70. The van der Waals surface area contributed by atoms with Crippen LogP contribution in [0.2, 0.25) is 0 Å². The zero-order valence-electron chi connectivity index (χ0n) is 6.59. The Morgan fingerprint density at radius 2 is 2.27 bits per heavy atom. The lowest BCUT2D eigenvalue weighted by molar-refractivity contribution is 0.101. The molecular weight excluding hydrogens is 140 g/mol. The number of aromatic nitrogens is 1. The molecule has 0 saturated heterocycles. The van der Waals surface area contributed by atoms with E-state index in [1.807, 2.05) is 6.92 Å². The summed E-state index contributed by atoms with van der Waals surface area (Å²) in [5.74, 6) is -0.0949. The lowest BCUT2D eigenvalue weighted by Gasteiger charge is -2.00. The average molecular weight is 150 g/mol. The summed E-state index contributed by atoms with van der Waals surface area (Å²) in [6.07, 6.45) is 1.63. The summed E-state index contributed by atoms with van der Waals surface area (Å²) >= 11 is 0. The van der Waals surface area contributed by atoms with Crippen LogP contribution in [0.25, 0.3) is 0 Å². The molecule has 58 valence electrons. The molecule has 2 N–H and O–H groups in total. The van der Waals surface area contributed by atoms with Gasteiger partial charge in [0.2, 0.25) is 0 Å². The highest BCUT2D eigenvalue weighted by Gasteiger charge is 2.04. The van der Waals surface area contributed by atoms with Gasteiger partial charge in [-0.3, -0.25) is 9.78 Å². The van der Waals surface area contributed by atoms with E-state index >= 15 is 0 Å². The number of anilines is 1. The molecule has 3 nitrogen and oxygen atoms in total. The van der Waals surface area contributed by atoms with Crippen molar-refractivity contribution in [3.05, 3.63) is 23.5 Å². The van der Waals surface area contributed by atoms with Gasteiger partial charge in [-0.25, -0.2) is 0 Å². The van der Waals surface area contributed by atoms with Crippen LogP contribution in [-0.4, -0.2) is 10.8 Å². The van der Waals surface area contributed by atoms with Gasteiger partial charge in [0.15, 0.2) is 5.78 Å². The second-order valence-corrected chi connectivity index (χ2v) is 2.51. The highest BCUT2D eigenvalue weighted by atomic mass is 16.1. The van der Waals surface area contributed by atoms with E-state index in [2.05, 4.69) is 4.98 Å². The molecule has 0 aromatic carbocycles. The van der Waals surface area contributed by atoms with E-state index in [1.54, 1.807) is 12.3 Å². The van der Waals surface area contributed by atoms with Gasteiger partial charge in [0.05, 0.1) is 5.69 Å². The van der Waals surface area contributed by atoms with Crippen molar-refractivity contribution < 1.29 is 4.79 Å². The Balaban J connectivity index is 3.20. The maximum atomic E-state index is 10.8. The van der Waals surface area contributed by atoms with Gasteiger partial charge in [0.25, 0.3) is 0 Å². The molecule has 0 aliphatic heterocycles. The first-order valence-corrected chi connectivity index (χ1v) is 3.34. The van der Waals surface area contributed by atoms with Crippen LogP contribution in [0, 0.1) is 6.92 Å². The van der Waals surface area contributed by atoms with Crippen LogP contribution in [0.1, 0.15) is 23.0 Å². The predicted molar refractivity (Wildman–Crippen MR) is 43.4 cm³/mol. The van der Waals surface area contributed by atoms with E-state index in [4.69, 9.17) is 5.73 Å². The number of Topliss-reactive ketones (excluding diaryl/α,β-unsaturated/α-hetero) is 1. The smallest absolute Gasteiger partial charge is 0.180 e. The van der Waals surface area contributed by atoms with Gasteiger partial charge in [0, 0.05) is 13.1 Å². The highest BCUT2D eigenvalue weighted by Crippen LogP contribution is 2.10. The fraction of sp³-hybridized carbons (Fsp3) is 0.250. The Morgan fingerprint density at radius 1 is 1.64 bits per heavy atom. The zero-order valence-corrected chi connectivity index (χ0v) is 6.59. The number of hydrogen-bond acceptors (Lipinski definition) is 3. The van der Waals surface area contributed by atoms with Crippen molar-refractivity contribution in [2.45, 2.75) is 13.8 Å². The van der Waals surface area contributed by atoms with Crippen LogP contribution in [0.5, 0.6) is 0 Å². The first kappa shape index (κ1) is 7.72. The third-order valence-corrected chi connectivity index (χ3v) is 1.39. The Labute approximate surface area is 65.2 Å². The van der Waals surface area contributed by atoms with E-state index in [9.17, 15) is 4.79 Å². The van der Waals surface area contributed by atoms with Crippen LogP contribution in [0.3, 0.4) is 0 Å². The summed E-state index contributed by atoms with van der Waals surface area (Å²) in [6, 6.07) is 1.74. The molecule has 0 aliphatic rings. The number of nitrogens with zero attached hydrogens (tertiary/aromatic N) is 1. The minimum Gasteiger partial charge on any atom is -0.397 e. The second-order valence-electron chi connectivity index (χ2n) is 2.51. The number of rotatable bonds is 1. The van der Waals surface area contributed by atoms with E-state index in [0.29, 0.717) is 11.4 Å². The molecule has 0 fully saturated rings. The Morgan fingerprint density at radius 3 is 2.73 bits per heavy atom. The van der Waals surface area contributed by atoms with Crippen molar-refractivity contribution in [2.75, 3.05) is 5.73 Å². The number of hydrogen-bond donors (Lipinski definition) is 1. The number of pyridine rings is 1. The Bertz CT molecular complexity index is 294.